The van der Waals surface area contributed by atoms with Crippen molar-refractivity contribution >= 4 is 23.5 Å². The first kappa shape index (κ1) is 13.1. The highest BCUT2D eigenvalue weighted by atomic mass is 35.5. The van der Waals surface area contributed by atoms with Crippen LogP contribution in [-0.4, -0.2) is 22.4 Å². The zero-order valence-electron chi connectivity index (χ0n) is 9.96. The van der Waals surface area contributed by atoms with Crippen LogP contribution in [0.25, 0.3) is 6.08 Å². The van der Waals surface area contributed by atoms with E-state index in [4.69, 9.17) is 11.8 Å². The number of nitro groups is 1. The van der Waals surface area contributed by atoms with Crippen molar-refractivity contribution < 1.29 is 4.92 Å². The van der Waals surface area contributed by atoms with Crippen molar-refractivity contribution in [2.24, 2.45) is 5.92 Å². The molecule has 2 rings (SSSR count). The van der Waals surface area contributed by atoms with Gasteiger partial charge in [0.15, 0.2) is 0 Å². The van der Waals surface area contributed by atoms with Crippen LogP contribution in [0.15, 0.2) is 30.3 Å². The molecule has 1 aliphatic heterocycles. The van der Waals surface area contributed by atoms with E-state index in [0.717, 1.165) is 31.5 Å². The summed E-state index contributed by atoms with van der Waals surface area (Å²) in [6, 6.07) is 6.60. The van der Waals surface area contributed by atoms with Crippen LogP contribution < -0.4 is 0 Å². The second-order valence-corrected chi connectivity index (χ2v) is 4.93. The second-order valence-electron chi connectivity index (χ2n) is 4.46. The normalized spacial score (nSPS) is 18.3. The number of nitro benzene ring substituents is 1. The Morgan fingerprint density at radius 3 is 2.44 bits per heavy atom. The lowest BCUT2D eigenvalue weighted by Gasteiger charge is -2.24. The Labute approximate surface area is 111 Å². The highest BCUT2D eigenvalue weighted by Gasteiger charge is 2.15. The average Bonchev–Trinajstić information content (AvgIpc) is 2.38. The molecule has 0 saturated carbocycles. The standard InChI is InChI=1S/C13H15ClN2O2/c14-15-9-7-12(8-10-15)2-1-11-3-5-13(6-4-11)16(17)18/h1-6,12H,7-10H2/b2-1+. The van der Waals surface area contributed by atoms with Crippen molar-refractivity contribution in [1.29, 1.82) is 0 Å². The van der Waals surface area contributed by atoms with Crippen LogP contribution in [0.3, 0.4) is 0 Å². The third kappa shape index (κ3) is 3.55. The summed E-state index contributed by atoms with van der Waals surface area (Å²) in [6.07, 6.45) is 6.32. The summed E-state index contributed by atoms with van der Waals surface area (Å²) < 4.78 is 1.82. The Morgan fingerprint density at radius 1 is 1.28 bits per heavy atom. The summed E-state index contributed by atoms with van der Waals surface area (Å²) in [5.41, 5.74) is 1.12. The minimum absolute atomic E-state index is 0.127. The van der Waals surface area contributed by atoms with E-state index in [1.54, 1.807) is 12.1 Å². The molecule has 0 unspecified atom stereocenters. The van der Waals surface area contributed by atoms with E-state index in [9.17, 15) is 10.1 Å². The van der Waals surface area contributed by atoms with Crippen LogP contribution >= 0.6 is 11.8 Å². The minimum atomic E-state index is -0.385. The van der Waals surface area contributed by atoms with Crippen molar-refractivity contribution in [2.75, 3.05) is 13.1 Å². The molecule has 5 heteroatoms. The fourth-order valence-corrected chi connectivity index (χ4v) is 2.21. The largest absolute Gasteiger partial charge is 0.269 e. The molecule has 1 heterocycles. The third-order valence-corrected chi connectivity index (χ3v) is 3.49. The first-order valence-electron chi connectivity index (χ1n) is 5.98. The van der Waals surface area contributed by atoms with Gasteiger partial charge in [0.05, 0.1) is 4.92 Å². The molecule has 4 nitrogen and oxygen atoms in total. The van der Waals surface area contributed by atoms with E-state index in [2.05, 4.69) is 6.08 Å². The topological polar surface area (TPSA) is 46.4 Å². The van der Waals surface area contributed by atoms with Crippen LogP contribution in [0.1, 0.15) is 18.4 Å². The molecule has 0 spiro atoms. The lowest BCUT2D eigenvalue weighted by molar-refractivity contribution is -0.384. The molecular weight excluding hydrogens is 252 g/mol. The van der Waals surface area contributed by atoms with Gasteiger partial charge in [-0.05, 0) is 48.2 Å². The maximum Gasteiger partial charge on any atom is 0.269 e. The summed E-state index contributed by atoms with van der Waals surface area (Å²) in [6.45, 7) is 1.83. The van der Waals surface area contributed by atoms with Gasteiger partial charge in [0.25, 0.3) is 5.69 Å². The Morgan fingerprint density at radius 2 is 1.89 bits per heavy atom. The first-order chi connectivity index (χ1) is 8.65. The SMILES string of the molecule is O=[N+]([O-])c1ccc(/C=C/C2CCN(Cl)CC2)cc1. The molecule has 1 aromatic carbocycles. The molecule has 0 amide bonds. The van der Waals surface area contributed by atoms with Crippen LogP contribution in [0.2, 0.25) is 0 Å². The number of hydrogen-bond acceptors (Lipinski definition) is 3. The van der Waals surface area contributed by atoms with Gasteiger partial charge in [-0.1, -0.05) is 12.2 Å². The van der Waals surface area contributed by atoms with Crippen LogP contribution in [-0.2, 0) is 0 Å². The van der Waals surface area contributed by atoms with Gasteiger partial charge < -0.3 is 0 Å². The number of hydrogen-bond donors (Lipinski definition) is 0. The van der Waals surface area contributed by atoms with Gasteiger partial charge in [0.1, 0.15) is 0 Å². The predicted molar refractivity (Wildman–Crippen MR) is 72.3 cm³/mol. The molecule has 1 aliphatic rings. The molecule has 0 radical (unpaired) electrons. The van der Waals surface area contributed by atoms with E-state index in [1.165, 1.54) is 12.1 Å². The fraction of sp³-hybridized carbons (Fsp3) is 0.385. The molecule has 0 aliphatic carbocycles. The van der Waals surface area contributed by atoms with Gasteiger partial charge >= 0.3 is 0 Å². The molecule has 0 N–H and O–H groups in total. The molecular formula is C13H15ClN2O2. The summed E-state index contributed by atoms with van der Waals surface area (Å²) in [5.74, 6) is 0.551. The number of nitrogens with zero attached hydrogens (tertiary/aromatic N) is 2. The maximum absolute atomic E-state index is 10.5. The summed E-state index contributed by atoms with van der Waals surface area (Å²) >= 11 is 5.89. The number of allylic oxidation sites excluding steroid dienone is 1. The number of non-ortho nitro benzene ring substituents is 1. The van der Waals surface area contributed by atoms with E-state index in [0.29, 0.717) is 5.92 Å². The van der Waals surface area contributed by atoms with Crippen LogP contribution in [0.4, 0.5) is 5.69 Å². The highest BCUT2D eigenvalue weighted by molar-refractivity contribution is 6.13. The molecule has 0 bridgehead atoms. The van der Waals surface area contributed by atoms with Crippen molar-refractivity contribution in [1.82, 2.24) is 4.42 Å². The van der Waals surface area contributed by atoms with Crippen molar-refractivity contribution in [3.05, 3.63) is 46.0 Å². The average molecular weight is 267 g/mol. The first-order valence-corrected chi connectivity index (χ1v) is 6.32. The summed E-state index contributed by atoms with van der Waals surface area (Å²) in [7, 11) is 0. The van der Waals surface area contributed by atoms with Crippen molar-refractivity contribution in [3.63, 3.8) is 0 Å². The van der Waals surface area contributed by atoms with Gasteiger partial charge in [0.2, 0.25) is 0 Å². The van der Waals surface area contributed by atoms with E-state index in [-0.39, 0.29) is 10.6 Å². The van der Waals surface area contributed by atoms with E-state index in [1.807, 2.05) is 10.5 Å². The lowest BCUT2D eigenvalue weighted by Crippen LogP contribution is -2.25. The zero-order valence-corrected chi connectivity index (χ0v) is 10.7. The fourth-order valence-electron chi connectivity index (χ4n) is 2.01. The molecule has 0 aromatic heterocycles. The summed E-state index contributed by atoms with van der Waals surface area (Å²) in [5, 5.41) is 10.5. The van der Waals surface area contributed by atoms with Crippen molar-refractivity contribution in [3.8, 4) is 0 Å². The second kappa shape index (κ2) is 5.98. The van der Waals surface area contributed by atoms with Gasteiger partial charge in [-0.25, -0.2) is 4.42 Å². The lowest BCUT2D eigenvalue weighted by atomic mass is 9.97. The molecule has 0 atom stereocenters. The van der Waals surface area contributed by atoms with E-state index >= 15 is 0 Å². The molecule has 18 heavy (non-hydrogen) atoms. The van der Waals surface area contributed by atoms with Crippen LogP contribution in [0, 0.1) is 16.0 Å². The number of rotatable bonds is 3. The van der Waals surface area contributed by atoms with Crippen molar-refractivity contribution in [2.45, 2.75) is 12.8 Å². The van der Waals surface area contributed by atoms with E-state index < -0.39 is 0 Å². The molecule has 1 fully saturated rings. The quantitative estimate of drug-likeness (QED) is 0.478. The monoisotopic (exact) mass is 266 g/mol. The number of benzene rings is 1. The van der Waals surface area contributed by atoms with Gasteiger partial charge in [-0.3, -0.25) is 10.1 Å². The number of halogens is 1. The Balaban J connectivity index is 1.94. The van der Waals surface area contributed by atoms with Crippen LogP contribution in [0.5, 0.6) is 0 Å². The highest BCUT2D eigenvalue weighted by Crippen LogP contribution is 2.21. The number of piperidine rings is 1. The molecule has 1 aromatic rings. The Kier molecular flexibility index (Phi) is 4.33. The molecule has 96 valence electrons. The Bertz CT molecular complexity index is 437. The molecule has 1 saturated heterocycles. The maximum atomic E-state index is 10.5. The van der Waals surface area contributed by atoms with Gasteiger partial charge in [-0.2, -0.15) is 0 Å². The van der Waals surface area contributed by atoms with Gasteiger partial charge in [-0.15, -0.1) is 0 Å². The third-order valence-electron chi connectivity index (χ3n) is 3.15. The zero-order chi connectivity index (χ0) is 13.0. The smallest absolute Gasteiger partial charge is 0.258 e. The Hall–Kier alpha value is -1.39. The minimum Gasteiger partial charge on any atom is -0.258 e. The summed E-state index contributed by atoms with van der Waals surface area (Å²) in [4.78, 5) is 10.1. The predicted octanol–water partition coefficient (Wildman–Crippen LogP) is 3.47. The van der Waals surface area contributed by atoms with Gasteiger partial charge in [0, 0.05) is 25.2 Å².